The van der Waals surface area contributed by atoms with E-state index < -0.39 is 16.5 Å². The summed E-state index contributed by atoms with van der Waals surface area (Å²) in [5.41, 5.74) is 0.814. The molecule has 1 aromatic rings. The first kappa shape index (κ1) is 16.2. The maximum atomic E-state index is 12.2. The van der Waals surface area contributed by atoms with Crippen molar-refractivity contribution in [2.45, 2.75) is 44.0 Å². The molecule has 0 aliphatic carbocycles. The summed E-state index contributed by atoms with van der Waals surface area (Å²) in [6.07, 6.45) is 2.46. The molecule has 99 valence electrons. The van der Waals surface area contributed by atoms with Crippen molar-refractivity contribution in [3.63, 3.8) is 0 Å². The second-order valence-electron chi connectivity index (χ2n) is 5.10. The van der Waals surface area contributed by atoms with Crippen molar-refractivity contribution < 1.29 is 4.55 Å². The minimum absolute atomic E-state index is 0.320. The molecular weight excluding hydrogens is 328 g/mol. The normalized spacial score (nSPS) is 17.3. The van der Waals surface area contributed by atoms with Gasteiger partial charge in [0.05, 0.1) is 21.1 Å². The van der Waals surface area contributed by atoms with Crippen molar-refractivity contribution in [2.24, 2.45) is 0 Å². The molecule has 2 unspecified atom stereocenters. The molecule has 6 heteroatoms. The molecule has 1 rings (SSSR count). The van der Waals surface area contributed by atoms with Crippen LogP contribution in [0.2, 0.25) is 0 Å². The Morgan fingerprint density at radius 2 is 2.11 bits per heavy atom. The van der Waals surface area contributed by atoms with Crippen LogP contribution in [-0.2, 0) is 16.5 Å². The van der Waals surface area contributed by atoms with Gasteiger partial charge in [0.25, 0.3) is 0 Å². The number of nitrogens with zero attached hydrogens (tertiary/aromatic N) is 1. The lowest BCUT2D eigenvalue weighted by Gasteiger charge is -2.33. The molecule has 0 aliphatic heterocycles. The van der Waals surface area contributed by atoms with Crippen LogP contribution in [0.15, 0.2) is 22.8 Å². The molecule has 18 heavy (non-hydrogen) atoms. The number of rotatable bonds is 4. The summed E-state index contributed by atoms with van der Waals surface area (Å²) in [7, 11) is 3.69. The summed E-state index contributed by atoms with van der Waals surface area (Å²) in [4.78, 5) is 4.34. The number of aromatic nitrogens is 1. The highest BCUT2D eigenvalue weighted by Gasteiger charge is 2.36. The molecule has 3 nitrogen and oxygen atoms in total. The fraction of sp³-hybridized carbons (Fsp3) is 0.583. The van der Waals surface area contributed by atoms with Gasteiger partial charge in [0.2, 0.25) is 0 Å². The van der Waals surface area contributed by atoms with E-state index in [2.05, 4.69) is 35.9 Å². The van der Waals surface area contributed by atoms with Crippen LogP contribution in [0.25, 0.3) is 0 Å². The summed E-state index contributed by atoms with van der Waals surface area (Å²) >= 11 is 2.26. The molecule has 1 aromatic heterocycles. The van der Waals surface area contributed by atoms with Gasteiger partial charge in [-0.2, -0.15) is 0 Å². The zero-order valence-corrected chi connectivity index (χ0v) is 14.5. The van der Waals surface area contributed by atoms with Gasteiger partial charge in [0.15, 0.2) is 0 Å². The Morgan fingerprint density at radius 1 is 1.50 bits per heavy atom. The Labute approximate surface area is 124 Å². The quantitative estimate of drug-likeness (QED) is 0.673. The molecule has 1 N–H and O–H groups in total. The number of halogens is 1. The third kappa shape index (κ3) is 4.06. The minimum atomic E-state index is -1.17. The molecule has 1 heterocycles. The van der Waals surface area contributed by atoms with Gasteiger partial charge in [0.1, 0.15) is 4.75 Å². The number of hydrogen-bond acceptors (Lipinski definition) is 3. The summed E-state index contributed by atoms with van der Waals surface area (Å²) in [6.45, 7) is 7.83. The molecule has 0 spiro atoms. The average molecular weight is 346 g/mol. The molecule has 2 atom stereocenters. The predicted molar refractivity (Wildman–Crippen MR) is 80.7 cm³/mol. The first-order valence-corrected chi connectivity index (χ1v) is 8.20. The van der Waals surface area contributed by atoms with E-state index in [9.17, 15) is 4.55 Å². The van der Waals surface area contributed by atoms with E-state index in [1.807, 2.05) is 39.8 Å². The van der Waals surface area contributed by atoms with Crippen molar-refractivity contribution in [1.29, 1.82) is 0 Å². The summed E-state index contributed by atoms with van der Waals surface area (Å²) in [5, 5.41) is -0.581. The van der Waals surface area contributed by atoms with E-state index in [1.165, 1.54) is 0 Å². The van der Waals surface area contributed by atoms with E-state index in [0.717, 1.165) is 16.6 Å². The third-order valence-corrected chi connectivity index (χ3v) is 5.57. The van der Waals surface area contributed by atoms with Gasteiger partial charge in [-0.15, -0.1) is 4.72 Å². The highest BCUT2D eigenvalue weighted by molar-refractivity contribution is 9.10. The van der Waals surface area contributed by atoms with Crippen LogP contribution in [0.4, 0.5) is 0 Å². The van der Waals surface area contributed by atoms with Crippen LogP contribution in [0.1, 0.15) is 39.8 Å². The highest BCUT2D eigenvalue weighted by atomic mass is 79.9. The van der Waals surface area contributed by atoms with Crippen molar-refractivity contribution in [3.05, 3.63) is 28.5 Å². The number of nitrogens with one attached hydrogen (secondary N) is 1. The average Bonchev–Trinajstić information content (AvgIpc) is 2.27. The third-order valence-electron chi connectivity index (χ3n) is 2.51. The SMILES string of the molecule is CCC([Si])(N[S+]([O-])C(C)(C)C)c1cc(Br)ccn1. The molecule has 0 bridgehead atoms. The van der Waals surface area contributed by atoms with Crippen LogP contribution in [0, 0.1) is 0 Å². The predicted octanol–water partition coefficient (Wildman–Crippen LogP) is 2.63. The molecule has 0 amide bonds. The Bertz CT molecular complexity index is 413. The summed E-state index contributed by atoms with van der Waals surface area (Å²) < 4.78 is 16.0. The van der Waals surface area contributed by atoms with E-state index in [4.69, 9.17) is 0 Å². The van der Waals surface area contributed by atoms with E-state index in [1.54, 1.807) is 6.20 Å². The second-order valence-corrected chi connectivity index (χ2v) is 8.84. The number of pyridine rings is 1. The Balaban J connectivity index is 2.99. The lowest BCUT2D eigenvalue weighted by Crippen LogP contribution is -2.52. The maximum Gasteiger partial charge on any atom is 0.136 e. The lowest BCUT2D eigenvalue weighted by molar-refractivity contribution is 0.484. The Morgan fingerprint density at radius 3 is 2.56 bits per heavy atom. The molecule has 0 aliphatic rings. The largest absolute Gasteiger partial charge is 0.598 e. The van der Waals surface area contributed by atoms with Gasteiger partial charge in [-0.25, -0.2) is 0 Å². The van der Waals surface area contributed by atoms with Gasteiger partial charge in [-0.1, -0.05) is 22.9 Å². The zero-order valence-electron chi connectivity index (χ0n) is 11.1. The van der Waals surface area contributed by atoms with E-state index in [0.29, 0.717) is 0 Å². The van der Waals surface area contributed by atoms with Gasteiger partial charge >= 0.3 is 0 Å². The fourth-order valence-corrected chi connectivity index (χ4v) is 2.88. The van der Waals surface area contributed by atoms with Gasteiger partial charge in [-0.05, 0) is 39.3 Å². The zero-order chi connectivity index (χ0) is 14.0. The Kier molecular flexibility index (Phi) is 5.43. The molecular formula is C12H18BrN2OSSi. The molecule has 0 saturated heterocycles. The minimum Gasteiger partial charge on any atom is -0.598 e. The Hall–Kier alpha value is 0.117. The standard InChI is InChI=1S/C12H18BrN2OSSi/c1-5-12(18,15-17(16)11(2,3)4)10-8-9(13)6-7-14-10/h6-8,15H,5H2,1-4H3. The van der Waals surface area contributed by atoms with Crippen LogP contribution in [0.3, 0.4) is 0 Å². The van der Waals surface area contributed by atoms with E-state index >= 15 is 0 Å². The smallest absolute Gasteiger partial charge is 0.136 e. The highest BCUT2D eigenvalue weighted by Crippen LogP contribution is 2.26. The summed E-state index contributed by atoms with van der Waals surface area (Å²) in [6, 6.07) is 3.79. The van der Waals surface area contributed by atoms with Crippen LogP contribution in [-0.4, -0.2) is 24.5 Å². The van der Waals surface area contributed by atoms with Gasteiger partial charge in [0, 0.05) is 22.0 Å². The molecule has 0 saturated carbocycles. The van der Waals surface area contributed by atoms with Crippen molar-refractivity contribution >= 4 is 37.5 Å². The molecule has 0 fully saturated rings. The van der Waals surface area contributed by atoms with Gasteiger partial charge < -0.3 is 4.55 Å². The van der Waals surface area contributed by atoms with Crippen LogP contribution >= 0.6 is 15.9 Å². The lowest BCUT2D eigenvalue weighted by atomic mass is 10.1. The van der Waals surface area contributed by atoms with Crippen LogP contribution < -0.4 is 4.72 Å². The van der Waals surface area contributed by atoms with Crippen molar-refractivity contribution in [2.75, 3.05) is 0 Å². The fourth-order valence-electron chi connectivity index (χ4n) is 1.26. The van der Waals surface area contributed by atoms with Crippen molar-refractivity contribution in [3.8, 4) is 0 Å². The molecule has 0 aromatic carbocycles. The first-order chi connectivity index (χ1) is 8.19. The maximum absolute atomic E-state index is 12.2. The number of hydrogen-bond donors (Lipinski definition) is 1. The second kappa shape index (κ2) is 6.05. The topological polar surface area (TPSA) is 48.0 Å². The van der Waals surface area contributed by atoms with Gasteiger partial charge in [-0.3, -0.25) is 4.98 Å². The van der Waals surface area contributed by atoms with E-state index in [-0.39, 0.29) is 4.75 Å². The van der Waals surface area contributed by atoms with Crippen LogP contribution in [0.5, 0.6) is 0 Å². The summed E-state index contributed by atoms with van der Waals surface area (Å²) in [5.74, 6) is 0. The monoisotopic (exact) mass is 345 g/mol. The van der Waals surface area contributed by atoms with Crippen molar-refractivity contribution in [1.82, 2.24) is 9.71 Å². The molecule has 3 radical (unpaired) electrons. The first-order valence-electron chi connectivity index (χ1n) is 5.76.